The first-order chi connectivity index (χ1) is 11.1. The summed E-state index contributed by atoms with van der Waals surface area (Å²) in [6.45, 7) is 4.23. The molecule has 0 radical (unpaired) electrons. The molecule has 5 heteroatoms. The first kappa shape index (κ1) is 15.2. The Kier molecular flexibility index (Phi) is 4.39. The Morgan fingerprint density at radius 3 is 2.83 bits per heavy atom. The number of fused-ring (bicyclic) bond motifs is 1. The van der Waals surface area contributed by atoms with Crippen molar-refractivity contribution < 1.29 is 14.6 Å². The van der Waals surface area contributed by atoms with E-state index >= 15 is 0 Å². The van der Waals surface area contributed by atoms with Crippen LogP contribution in [0.1, 0.15) is 24.3 Å². The second kappa shape index (κ2) is 6.62. The summed E-state index contributed by atoms with van der Waals surface area (Å²) in [6, 6.07) is 16.5. The zero-order valence-electron chi connectivity index (χ0n) is 13.2. The maximum absolute atomic E-state index is 12.0. The fourth-order valence-corrected chi connectivity index (χ4v) is 2.68. The zero-order valence-corrected chi connectivity index (χ0v) is 13.2. The predicted molar refractivity (Wildman–Crippen MR) is 89.0 cm³/mol. The third kappa shape index (κ3) is 3.57. The Bertz CT molecular complexity index is 821. The average Bonchev–Trinajstić information content (AvgIpc) is 2.97. The van der Waals surface area contributed by atoms with Crippen molar-refractivity contribution in [3.63, 3.8) is 0 Å². The smallest absolute Gasteiger partial charge is 0.280 e. The topological polar surface area (TPSA) is 71.7 Å². The van der Waals surface area contributed by atoms with Crippen LogP contribution in [0.5, 0.6) is 0 Å². The summed E-state index contributed by atoms with van der Waals surface area (Å²) >= 11 is 0. The van der Waals surface area contributed by atoms with Crippen molar-refractivity contribution in [1.29, 1.82) is 0 Å². The van der Waals surface area contributed by atoms with Crippen LogP contribution in [0.4, 0.5) is 5.82 Å². The third-order valence-electron chi connectivity index (χ3n) is 3.87. The highest BCUT2D eigenvalue weighted by Crippen LogP contribution is 2.21. The minimum absolute atomic E-state index is 0.0922. The van der Waals surface area contributed by atoms with Gasteiger partial charge in [-0.1, -0.05) is 47.6 Å². The molecule has 0 saturated carbocycles. The van der Waals surface area contributed by atoms with Gasteiger partial charge in [0.15, 0.2) is 12.4 Å². The van der Waals surface area contributed by atoms with Crippen molar-refractivity contribution in [2.24, 2.45) is 0 Å². The molecule has 3 aromatic rings. The SMILES string of the molecule is Cc1cc(NC(=O)C[NH2+][C@@H](C)c2cccc3ccccc23)no1. The number of aryl methyl sites for hydroxylation is 1. The molecule has 118 valence electrons. The van der Waals surface area contributed by atoms with Gasteiger partial charge >= 0.3 is 0 Å². The molecule has 0 fully saturated rings. The molecule has 3 rings (SSSR count). The summed E-state index contributed by atoms with van der Waals surface area (Å²) in [5.41, 5.74) is 1.23. The van der Waals surface area contributed by atoms with Crippen LogP contribution >= 0.6 is 0 Å². The second-order valence-corrected chi connectivity index (χ2v) is 5.67. The molecule has 0 aliphatic heterocycles. The maximum Gasteiger partial charge on any atom is 0.280 e. The first-order valence-corrected chi connectivity index (χ1v) is 7.67. The molecule has 0 bridgehead atoms. The summed E-state index contributed by atoms with van der Waals surface area (Å²) in [5, 5.41) is 11.0. The van der Waals surface area contributed by atoms with Crippen LogP contribution in [0.2, 0.25) is 0 Å². The number of amides is 1. The zero-order chi connectivity index (χ0) is 16.2. The highest BCUT2D eigenvalue weighted by molar-refractivity contribution is 5.90. The number of anilines is 1. The van der Waals surface area contributed by atoms with Crippen LogP contribution in [0.25, 0.3) is 10.8 Å². The van der Waals surface area contributed by atoms with E-state index in [1.165, 1.54) is 16.3 Å². The molecule has 0 unspecified atom stereocenters. The Morgan fingerprint density at radius 1 is 1.26 bits per heavy atom. The molecule has 23 heavy (non-hydrogen) atoms. The number of hydrogen-bond acceptors (Lipinski definition) is 3. The molecular weight excluding hydrogens is 290 g/mol. The lowest BCUT2D eigenvalue weighted by atomic mass is 10.00. The number of benzene rings is 2. The van der Waals surface area contributed by atoms with Crippen molar-refractivity contribution in [3.8, 4) is 0 Å². The molecule has 0 saturated heterocycles. The van der Waals surface area contributed by atoms with Gasteiger partial charge < -0.3 is 15.2 Å². The molecule has 2 aromatic carbocycles. The van der Waals surface area contributed by atoms with Gasteiger partial charge in [-0.2, -0.15) is 0 Å². The molecule has 3 N–H and O–H groups in total. The molecule has 1 atom stereocenters. The lowest BCUT2D eigenvalue weighted by Gasteiger charge is -2.13. The number of nitrogens with zero attached hydrogens (tertiary/aromatic N) is 1. The molecule has 1 heterocycles. The highest BCUT2D eigenvalue weighted by Gasteiger charge is 2.14. The van der Waals surface area contributed by atoms with Crippen LogP contribution in [0.3, 0.4) is 0 Å². The molecule has 1 aromatic heterocycles. The Balaban J connectivity index is 1.64. The van der Waals surface area contributed by atoms with Crippen molar-refractivity contribution >= 4 is 22.5 Å². The van der Waals surface area contributed by atoms with Gasteiger partial charge in [-0.05, 0) is 24.6 Å². The fraction of sp³-hybridized carbons (Fsp3) is 0.222. The van der Waals surface area contributed by atoms with E-state index in [-0.39, 0.29) is 11.9 Å². The first-order valence-electron chi connectivity index (χ1n) is 7.67. The summed E-state index contributed by atoms with van der Waals surface area (Å²) in [6.07, 6.45) is 0. The number of quaternary nitrogens is 1. The van der Waals surface area contributed by atoms with Crippen molar-refractivity contribution in [2.75, 3.05) is 11.9 Å². The number of hydrogen-bond donors (Lipinski definition) is 2. The average molecular weight is 310 g/mol. The van der Waals surface area contributed by atoms with Gasteiger partial charge in [0, 0.05) is 11.6 Å². The number of carbonyl (C=O) groups excluding carboxylic acids is 1. The van der Waals surface area contributed by atoms with Crippen LogP contribution in [0.15, 0.2) is 53.1 Å². The number of carbonyl (C=O) groups is 1. The van der Waals surface area contributed by atoms with Crippen LogP contribution in [0, 0.1) is 6.92 Å². The van der Waals surface area contributed by atoms with Crippen molar-refractivity contribution in [3.05, 3.63) is 59.9 Å². The monoisotopic (exact) mass is 310 g/mol. The van der Waals surface area contributed by atoms with E-state index in [4.69, 9.17) is 4.52 Å². The summed E-state index contributed by atoms with van der Waals surface area (Å²) in [5.74, 6) is 1.04. The molecule has 0 aliphatic carbocycles. The van der Waals surface area contributed by atoms with Gasteiger partial charge in [-0.15, -0.1) is 0 Å². The van der Waals surface area contributed by atoms with Gasteiger partial charge in [0.25, 0.3) is 5.91 Å². The number of rotatable bonds is 5. The standard InChI is InChI=1S/C18H19N3O2/c1-12-10-17(21-23-12)20-18(22)11-19-13(2)15-9-5-7-14-6-3-4-8-16(14)15/h3-10,13,19H,11H2,1-2H3,(H,20,21,22)/p+1/t13-/m0/s1. The van der Waals surface area contributed by atoms with Crippen LogP contribution in [-0.4, -0.2) is 17.6 Å². The summed E-state index contributed by atoms with van der Waals surface area (Å²) in [7, 11) is 0. The number of nitrogens with two attached hydrogens (primary N) is 1. The van der Waals surface area contributed by atoms with Crippen molar-refractivity contribution in [2.45, 2.75) is 19.9 Å². The van der Waals surface area contributed by atoms with E-state index in [0.29, 0.717) is 18.1 Å². The fourth-order valence-electron chi connectivity index (χ4n) is 2.68. The summed E-state index contributed by atoms with van der Waals surface area (Å²) < 4.78 is 4.93. The van der Waals surface area contributed by atoms with Gasteiger partial charge in [0.2, 0.25) is 0 Å². The van der Waals surface area contributed by atoms with Crippen molar-refractivity contribution in [1.82, 2.24) is 5.16 Å². The van der Waals surface area contributed by atoms with Gasteiger partial charge in [-0.25, -0.2) is 0 Å². The molecule has 0 spiro atoms. The maximum atomic E-state index is 12.0. The van der Waals surface area contributed by atoms with Crippen LogP contribution < -0.4 is 10.6 Å². The van der Waals surface area contributed by atoms with E-state index in [1.807, 2.05) is 17.4 Å². The Morgan fingerprint density at radius 2 is 2.04 bits per heavy atom. The van der Waals surface area contributed by atoms with Crippen LogP contribution in [-0.2, 0) is 4.79 Å². The largest absolute Gasteiger partial charge is 0.360 e. The Hall–Kier alpha value is -2.66. The van der Waals surface area contributed by atoms with E-state index in [2.05, 4.69) is 47.7 Å². The summed E-state index contributed by atoms with van der Waals surface area (Å²) in [4.78, 5) is 12.0. The molecule has 1 amide bonds. The molecular formula is C18H20N3O2+. The van der Waals surface area contributed by atoms with E-state index in [1.54, 1.807) is 13.0 Å². The predicted octanol–water partition coefficient (Wildman–Crippen LogP) is 2.40. The number of nitrogens with one attached hydrogen (secondary N) is 1. The third-order valence-corrected chi connectivity index (χ3v) is 3.87. The van der Waals surface area contributed by atoms with Gasteiger partial charge in [0.05, 0.1) is 0 Å². The van der Waals surface area contributed by atoms with E-state index < -0.39 is 0 Å². The quantitative estimate of drug-likeness (QED) is 0.760. The Labute approximate surface area is 134 Å². The minimum atomic E-state index is -0.0922. The normalized spacial score (nSPS) is 12.3. The molecule has 5 nitrogen and oxygen atoms in total. The van der Waals surface area contributed by atoms with Gasteiger partial charge in [0.1, 0.15) is 11.8 Å². The van der Waals surface area contributed by atoms with E-state index in [0.717, 1.165) is 0 Å². The minimum Gasteiger partial charge on any atom is -0.360 e. The lowest BCUT2D eigenvalue weighted by Crippen LogP contribution is -2.86. The molecule has 0 aliphatic rings. The lowest BCUT2D eigenvalue weighted by molar-refractivity contribution is -0.682. The highest BCUT2D eigenvalue weighted by atomic mass is 16.5. The van der Waals surface area contributed by atoms with E-state index in [9.17, 15) is 4.79 Å². The van der Waals surface area contributed by atoms with Gasteiger partial charge in [-0.3, -0.25) is 4.79 Å². The second-order valence-electron chi connectivity index (χ2n) is 5.67. The number of aromatic nitrogens is 1.